The Hall–Kier alpha value is -3.10. The number of hydrogen-bond acceptors (Lipinski definition) is 4. The molecule has 6 nitrogen and oxygen atoms in total. The Kier molecular flexibility index (Phi) is 4.30. The maximum atomic E-state index is 12.7. The van der Waals surface area contributed by atoms with Gasteiger partial charge in [0.15, 0.2) is 11.4 Å². The molecule has 9 heteroatoms. The molecule has 3 rings (SSSR count). The molecule has 0 aliphatic heterocycles. The van der Waals surface area contributed by atoms with Crippen LogP contribution in [0.1, 0.15) is 0 Å². The van der Waals surface area contributed by atoms with Crippen LogP contribution in [0.25, 0.3) is 17.1 Å². The van der Waals surface area contributed by atoms with Gasteiger partial charge in [-0.05, 0) is 18.2 Å². The van der Waals surface area contributed by atoms with Gasteiger partial charge in [-0.1, -0.05) is 18.2 Å². The van der Waals surface area contributed by atoms with Gasteiger partial charge in [0.2, 0.25) is 0 Å². The van der Waals surface area contributed by atoms with Crippen molar-refractivity contribution in [2.45, 2.75) is 12.7 Å². The molecule has 0 spiro atoms. The van der Waals surface area contributed by atoms with E-state index in [1.54, 1.807) is 24.3 Å². The first kappa shape index (κ1) is 16.7. The summed E-state index contributed by atoms with van der Waals surface area (Å²) in [6, 6.07) is 10.4. The highest BCUT2D eigenvalue weighted by atomic mass is 19.4. The Morgan fingerprint density at radius 2 is 1.88 bits per heavy atom. The van der Waals surface area contributed by atoms with Crippen molar-refractivity contribution in [1.82, 2.24) is 19.6 Å². The van der Waals surface area contributed by atoms with Crippen molar-refractivity contribution in [2.24, 2.45) is 0 Å². The van der Waals surface area contributed by atoms with Crippen molar-refractivity contribution >= 4 is 0 Å². The van der Waals surface area contributed by atoms with E-state index in [0.29, 0.717) is 10.4 Å². The van der Waals surface area contributed by atoms with E-state index < -0.39 is 18.1 Å². The smallest absolute Gasteiger partial charge is 0.408 e. The Labute approximate surface area is 140 Å². The zero-order chi connectivity index (χ0) is 18.0. The maximum absolute atomic E-state index is 12.7. The largest absolute Gasteiger partial charge is 0.491 e. The number of hydrogen-bond donors (Lipinski definition) is 0. The van der Waals surface area contributed by atoms with Gasteiger partial charge in [-0.15, -0.1) is 0 Å². The minimum Gasteiger partial charge on any atom is -0.491 e. The van der Waals surface area contributed by atoms with Crippen molar-refractivity contribution < 1.29 is 17.9 Å². The summed E-state index contributed by atoms with van der Waals surface area (Å²) in [6.07, 6.45) is -2.11. The lowest BCUT2D eigenvalue weighted by Gasteiger charge is -2.13. The summed E-state index contributed by atoms with van der Waals surface area (Å²) >= 11 is 0. The molecule has 0 radical (unpaired) electrons. The van der Waals surface area contributed by atoms with E-state index in [9.17, 15) is 18.0 Å². The van der Waals surface area contributed by atoms with Crippen LogP contribution in [-0.4, -0.2) is 32.8 Å². The first-order chi connectivity index (χ1) is 11.9. The standard InChI is InChI=1S/C16H13F3N4O2/c1-25-13-9-22(10-16(17,18)19)21-14(15(13)24)12-7-8-20-23(12)11-5-3-2-4-6-11/h2-9H,10H2,1H3. The van der Waals surface area contributed by atoms with E-state index in [1.807, 2.05) is 6.07 Å². The number of methoxy groups -OCH3 is 1. The van der Waals surface area contributed by atoms with Gasteiger partial charge < -0.3 is 4.74 Å². The van der Waals surface area contributed by atoms with E-state index in [0.717, 1.165) is 6.20 Å². The number of aromatic nitrogens is 4. The monoisotopic (exact) mass is 350 g/mol. The molecular formula is C16H13F3N4O2. The molecule has 1 aromatic carbocycles. The molecule has 25 heavy (non-hydrogen) atoms. The number of para-hydroxylation sites is 1. The average molecular weight is 350 g/mol. The third-order valence-corrected chi connectivity index (χ3v) is 3.38. The van der Waals surface area contributed by atoms with Crippen LogP contribution in [0.4, 0.5) is 13.2 Å². The molecule has 3 aromatic rings. The first-order valence-electron chi connectivity index (χ1n) is 7.21. The van der Waals surface area contributed by atoms with Crippen LogP contribution in [0.15, 0.2) is 53.6 Å². The number of nitrogens with zero attached hydrogens (tertiary/aromatic N) is 4. The predicted molar refractivity (Wildman–Crippen MR) is 83.7 cm³/mol. The fourth-order valence-corrected chi connectivity index (χ4v) is 2.35. The van der Waals surface area contributed by atoms with Crippen LogP contribution in [0.3, 0.4) is 0 Å². The van der Waals surface area contributed by atoms with Crippen LogP contribution in [-0.2, 0) is 6.54 Å². The number of halogens is 3. The van der Waals surface area contributed by atoms with E-state index in [-0.39, 0.29) is 17.1 Å². The van der Waals surface area contributed by atoms with Gasteiger partial charge >= 0.3 is 6.18 Å². The van der Waals surface area contributed by atoms with Gasteiger partial charge in [0.1, 0.15) is 6.54 Å². The predicted octanol–water partition coefficient (Wildman–Crippen LogP) is 2.67. The zero-order valence-corrected chi connectivity index (χ0v) is 13.1. The van der Waals surface area contributed by atoms with Gasteiger partial charge in [-0.3, -0.25) is 9.48 Å². The van der Waals surface area contributed by atoms with Crippen molar-refractivity contribution in [3.63, 3.8) is 0 Å². The third kappa shape index (κ3) is 3.54. The van der Waals surface area contributed by atoms with Crippen LogP contribution < -0.4 is 10.2 Å². The molecule has 2 heterocycles. The van der Waals surface area contributed by atoms with Crippen molar-refractivity contribution in [3.05, 3.63) is 59.0 Å². The third-order valence-electron chi connectivity index (χ3n) is 3.38. The molecule has 0 amide bonds. The van der Waals surface area contributed by atoms with Gasteiger partial charge in [0, 0.05) is 0 Å². The normalized spacial score (nSPS) is 11.5. The molecule has 0 bridgehead atoms. The SMILES string of the molecule is COc1cn(CC(F)(F)F)nc(-c2ccnn2-c2ccccc2)c1=O. The summed E-state index contributed by atoms with van der Waals surface area (Å²) in [4.78, 5) is 12.5. The molecule has 0 aliphatic rings. The topological polar surface area (TPSA) is 61.9 Å². The molecule has 0 saturated heterocycles. The molecular weight excluding hydrogens is 337 g/mol. The molecule has 130 valence electrons. The summed E-state index contributed by atoms with van der Waals surface area (Å²) in [7, 11) is 1.22. The van der Waals surface area contributed by atoms with Crippen LogP contribution >= 0.6 is 0 Å². The summed E-state index contributed by atoms with van der Waals surface area (Å²) in [6.45, 7) is -1.34. The van der Waals surface area contributed by atoms with Crippen molar-refractivity contribution in [1.29, 1.82) is 0 Å². The molecule has 0 unspecified atom stereocenters. The van der Waals surface area contributed by atoms with Crippen LogP contribution in [0.5, 0.6) is 5.75 Å². The number of ether oxygens (including phenoxy) is 1. The average Bonchev–Trinajstić information content (AvgIpc) is 3.05. The lowest BCUT2D eigenvalue weighted by atomic mass is 10.2. The number of rotatable bonds is 4. The fraction of sp³-hybridized carbons (Fsp3) is 0.188. The molecule has 0 saturated carbocycles. The Morgan fingerprint density at radius 3 is 2.52 bits per heavy atom. The summed E-state index contributed by atoms with van der Waals surface area (Å²) in [5.74, 6) is -0.227. The maximum Gasteiger partial charge on any atom is 0.408 e. The van der Waals surface area contributed by atoms with Gasteiger partial charge in [-0.25, -0.2) is 4.68 Å². The highest BCUT2D eigenvalue weighted by Gasteiger charge is 2.29. The second-order valence-corrected chi connectivity index (χ2v) is 5.15. The van der Waals surface area contributed by atoms with Crippen LogP contribution in [0, 0.1) is 0 Å². The van der Waals surface area contributed by atoms with Gasteiger partial charge in [0.25, 0.3) is 5.43 Å². The molecule has 0 aliphatic carbocycles. The number of alkyl halides is 3. The second kappa shape index (κ2) is 6.42. The van der Waals surface area contributed by atoms with Crippen molar-refractivity contribution in [2.75, 3.05) is 7.11 Å². The van der Waals surface area contributed by atoms with E-state index in [4.69, 9.17) is 4.74 Å². The Bertz CT molecular complexity index is 933. The molecule has 0 N–H and O–H groups in total. The van der Waals surface area contributed by atoms with E-state index in [2.05, 4.69) is 10.2 Å². The lowest BCUT2D eigenvalue weighted by Crippen LogP contribution is -2.24. The summed E-state index contributed by atoms with van der Waals surface area (Å²) in [5, 5.41) is 7.97. The highest BCUT2D eigenvalue weighted by molar-refractivity contribution is 5.58. The summed E-state index contributed by atoms with van der Waals surface area (Å²) < 4.78 is 45.1. The van der Waals surface area contributed by atoms with Gasteiger partial charge in [0.05, 0.1) is 30.9 Å². The Morgan fingerprint density at radius 1 is 1.16 bits per heavy atom. The second-order valence-electron chi connectivity index (χ2n) is 5.15. The number of benzene rings is 1. The quantitative estimate of drug-likeness (QED) is 0.726. The molecule has 0 fully saturated rings. The van der Waals surface area contributed by atoms with Gasteiger partial charge in [-0.2, -0.15) is 23.4 Å². The summed E-state index contributed by atoms with van der Waals surface area (Å²) in [5.41, 5.74) is 0.128. The lowest BCUT2D eigenvalue weighted by molar-refractivity contribution is -0.142. The molecule has 2 aromatic heterocycles. The minimum atomic E-state index is -4.48. The van der Waals surface area contributed by atoms with Crippen molar-refractivity contribution in [3.8, 4) is 22.8 Å². The molecule has 0 atom stereocenters. The minimum absolute atomic E-state index is 0.176. The van der Waals surface area contributed by atoms with E-state index in [1.165, 1.54) is 24.1 Å². The zero-order valence-electron chi connectivity index (χ0n) is 13.1. The fourth-order valence-electron chi connectivity index (χ4n) is 2.35. The highest BCUT2D eigenvalue weighted by Crippen LogP contribution is 2.22. The first-order valence-corrected chi connectivity index (χ1v) is 7.21. The Balaban J connectivity index is 2.17. The van der Waals surface area contributed by atoms with Crippen LogP contribution in [0.2, 0.25) is 0 Å². The van der Waals surface area contributed by atoms with E-state index >= 15 is 0 Å².